The van der Waals surface area contributed by atoms with E-state index in [1.165, 1.54) is 13.0 Å². The van der Waals surface area contributed by atoms with Crippen LogP contribution in [-0.2, 0) is 4.79 Å². The number of ketones is 1. The highest BCUT2D eigenvalue weighted by Crippen LogP contribution is 2.42. The Bertz CT molecular complexity index is 433. The van der Waals surface area contributed by atoms with E-state index in [0.717, 1.165) is 12.1 Å². The molecule has 0 aliphatic heterocycles. The minimum atomic E-state index is -4.52. The second kappa shape index (κ2) is 5.39. The molecular formula is C10H7BrF4OS. The molecule has 7 heteroatoms. The highest BCUT2D eigenvalue weighted by Gasteiger charge is 2.32. The molecule has 0 aliphatic rings. The third-order valence-electron chi connectivity index (χ3n) is 1.83. The summed E-state index contributed by atoms with van der Waals surface area (Å²) in [6.45, 7) is 1.24. The molecule has 1 atom stereocenters. The number of halogens is 5. The van der Waals surface area contributed by atoms with Gasteiger partial charge < -0.3 is 0 Å². The summed E-state index contributed by atoms with van der Waals surface area (Å²) in [6.07, 6.45) is 0. The SMILES string of the molecule is CC(=O)C(Br)c1ccc(F)cc1SC(F)(F)F. The van der Waals surface area contributed by atoms with Crippen molar-refractivity contribution in [2.75, 3.05) is 0 Å². The molecule has 94 valence electrons. The minimum absolute atomic E-state index is 0.112. The summed E-state index contributed by atoms with van der Waals surface area (Å²) in [5, 5.41) is 0. The van der Waals surface area contributed by atoms with E-state index in [4.69, 9.17) is 0 Å². The first-order valence-electron chi connectivity index (χ1n) is 4.40. The van der Waals surface area contributed by atoms with Gasteiger partial charge in [0.25, 0.3) is 0 Å². The van der Waals surface area contributed by atoms with E-state index in [9.17, 15) is 22.4 Å². The molecule has 0 radical (unpaired) electrons. The number of carbonyl (C=O) groups is 1. The molecule has 0 spiro atoms. The van der Waals surface area contributed by atoms with Crippen LogP contribution in [0.2, 0.25) is 0 Å². The predicted octanol–water partition coefficient (Wildman–Crippen LogP) is 4.46. The lowest BCUT2D eigenvalue weighted by atomic mass is 10.1. The van der Waals surface area contributed by atoms with Gasteiger partial charge in [0.05, 0.1) is 4.83 Å². The number of rotatable bonds is 3. The van der Waals surface area contributed by atoms with Gasteiger partial charge in [0.15, 0.2) is 0 Å². The van der Waals surface area contributed by atoms with E-state index < -0.39 is 27.9 Å². The van der Waals surface area contributed by atoms with Crippen LogP contribution in [0.3, 0.4) is 0 Å². The zero-order valence-electron chi connectivity index (χ0n) is 8.52. The lowest BCUT2D eigenvalue weighted by Gasteiger charge is -2.13. The first-order chi connectivity index (χ1) is 7.70. The quantitative estimate of drug-likeness (QED) is 0.462. The maximum Gasteiger partial charge on any atom is 0.446 e. The molecule has 0 aromatic heterocycles. The molecule has 0 fully saturated rings. The molecule has 1 aromatic carbocycles. The smallest absolute Gasteiger partial charge is 0.298 e. The molecule has 1 unspecified atom stereocenters. The van der Waals surface area contributed by atoms with Gasteiger partial charge >= 0.3 is 5.51 Å². The van der Waals surface area contributed by atoms with E-state index >= 15 is 0 Å². The van der Waals surface area contributed by atoms with Crippen LogP contribution in [-0.4, -0.2) is 11.3 Å². The van der Waals surface area contributed by atoms with Crippen molar-refractivity contribution in [3.8, 4) is 0 Å². The van der Waals surface area contributed by atoms with E-state index in [1.54, 1.807) is 0 Å². The molecule has 0 saturated carbocycles. The maximum atomic E-state index is 12.9. The summed E-state index contributed by atoms with van der Waals surface area (Å²) in [7, 11) is 0. The normalized spacial score (nSPS) is 13.5. The molecule has 17 heavy (non-hydrogen) atoms. The van der Waals surface area contributed by atoms with Crippen LogP contribution in [0.4, 0.5) is 17.6 Å². The van der Waals surface area contributed by atoms with Crippen molar-refractivity contribution in [2.45, 2.75) is 22.2 Å². The second-order valence-corrected chi connectivity index (χ2v) is 5.23. The van der Waals surface area contributed by atoms with Gasteiger partial charge in [-0.05, 0) is 36.4 Å². The average Bonchev–Trinajstić information content (AvgIpc) is 2.14. The number of Topliss-reactive ketones (excluding diaryl/α,β-unsaturated/α-hetero) is 1. The first kappa shape index (κ1) is 14.5. The van der Waals surface area contributed by atoms with E-state index in [1.807, 2.05) is 0 Å². The summed E-state index contributed by atoms with van der Waals surface area (Å²) in [4.78, 5) is 9.94. The summed E-state index contributed by atoms with van der Waals surface area (Å²) < 4.78 is 49.7. The fourth-order valence-corrected chi connectivity index (χ4v) is 2.43. The van der Waals surface area contributed by atoms with Crippen molar-refractivity contribution < 1.29 is 22.4 Å². The van der Waals surface area contributed by atoms with Crippen LogP contribution in [0.25, 0.3) is 0 Å². The van der Waals surface area contributed by atoms with Crippen LogP contribution < -0.4 is 0 Å². The molecule has 0 amide bonds. The maximum absolute atomic E-state index is 12.9. The molecule has 1 rings (SSSR count). The third kappa shape index (κ3) is 4.31. The first-order valence-corrected chi connectivity index (χ1v) is 6.13. The zero-order chi connectivity index (χ0) is 13.2. The van der Waals surface area contributed by atoms with Crippen molar-refractivity contribution in [3.05, 3.63) is 29.6 Å². The number of thioether (sulfide) groups is 1. The lowest BCUT2D eigenvalue weighted by molar-refractivity contribution is -0.116. The molecule has 1 aromatic rings. The van der Waals surface area contributed by atoms with Crippen LogP contribution in [0, 0.1) is 5.82 Å². The van der Waals surface area contributed by atoms with Crippen molar-refractivity contribution in [1.29, 1.82) is 0 Å². The summed E-state index contributed by atoms with van der Waals surface area (Å²) in [5.41, 5.74) is -4.41. The van der Waals surface area contributed by atoms with Gasteiger partial charge in [-0.1, -0.05) is 22.0 Å². The molecule has 0 N–H and O–H groups in total. The molecule has 1 nitrogen and oxygen atoms in total. The number of hydrogen-bond donors (Lipinski definition) is 0. The topological polar surface area (TPSA) is 17.1 Å². The van der Waals surface area contributed by atoms with Gasteiger partial charge in [-0.3, -0.25) is 4.79 Å². The number of carbonyl (C=O) groups excluding carboxylic acids is 1. The summed E-state index contributed by atoms with van der Waals surface area (Å²) in [6, 6.07) is 2.96. The molecular weight excluding hydrogens is 324 g/mol. The molecule has 0 saturated heterocycles. The zero-order valence-corrected chi connectivity index (χ0v) is 10.9. The Morgan fingerprint density at radius 1 is 1.41 bits per heavy atom. The molecule has 0 bridgehead atoms. The van der Waals surface area contributed by atoms with E-state index in [0.29, 0.717) is 0 Å². The van der Waals surface area contributed by atoms with Crippen LogP contribution in [0.5, 0.6) is 0 Å². The fraction of sp³-hybridized carbons (Fsp3) is 0.300. The number of benzene rings is 1. The van der Waals surface area contributed by atoms with Gasteiger partial charge in [-0.15, -0.1) is 0 Å². The highest BCUT2D eigenvalue weighted by atomic mass is 79.9. The number of alkyl halides is 4. The highest BCUT2D eigenvalue weighted by molar-refractivity contribution is 9.09. The average molecular weight is 331 g/mol. The van der Waals surface area contributed by atoms with Gasteiger partial charge in [0, 0.05) is 4.90 Å². The number of hydrogen-bond acceptors (Lipinski definition) is 2. The predicted molar refractivity (Wildman–Crippen MR) is 60.7 cm³/mol. The standard InChI is InChI=1S/C10H7BrF4OS/c1-5(16)9(11)7-3-2-6(12)4-8(7)17-10(13,14)15/h2-4,9H,1H3. The largest absolute Gasteiger partial charge is 0.446 e. The Labute approximate surface area is 108 Å². The Balaban J connectivity index is 3.17. The van der Waals surface area contributed by atoms with Gasteiger partial charge in [0.2, 0.25) is 0 Å². The Morgan fingerprint density at radius 3 is 2.47 bits per heavy atom. The van der Waals surface area contributed by atoms with Crippen LogP contribution >= 0.6 is 27.7 Å². The minimum Gasteiger partial charge on any atom is -0.298 e. The van der Waals surface area contributed by atoms with Crippen LogP contribution in [0.15, 0.2) is 23.1 Å². The fourth-order valence-electron chi connectivity index (χ4n) is 1.15. The lowest BCUT2D eigenvalue weighted by Crippen LogP contribution is -2.06. The summed E-state index contributed by atoms with van der Waals surface area (Å²) >= 11 is 2.55. The molecule has 0 heterocycles. The Hall–Kier alpha value is -0.560. The second-order valence-electron chi connectivity index (χ2n) is 3.20. The van der Waals surface area contributed by atoms with Crippen molar-refractivity contribution in [1.82, 2.24) is 0 Å². The third-order valence-corrected chi connectivity index (χ3v) is 3.77. The summed E-state index contributed by atoms with van der Waals surface area (Å²) in [5.74, 6) is -1.12. The van der Waals surface area contributed by atoms with Gasteiger partial charge in [-0.2, -0.15) is 13.2 Å². The van der Waals surface area contributed by atoms with Crippen molar-refractivity contribution in [2.24, 2.45) is 0 Å². The Kier molecular flexibility index (Phi) is 4.60. The van der Waals surface area contributed by atoms with Crippen LogP contribution in [0.1, 0.15) is 17.3 Å². The van der Waals surface area contributed by atoms with Gasteiger partial charge in [-0.25, -0.2) is 4.39 Å². The molecule has 0 aliphatic carbocycles. The van der Waals surface area contributed by atoms with E-state index in [2.05, 4.69) is 15.9 Å². The monoisotopic (exact) mass is 330 g/mol. The van der Waals surface area contributed by atoms with E-state index in [-0.39, 0.29) is 16.2 Å². The van der Waals surface area contributed by atoms with Crippen molar-refractivity contribution in [3.63, 3.8) is 0 Å². The van der Waals surface area contributed by atoms with Crippen molar-refractivity contribution >= 4 is 33.5 Å². The Morgan fingerprint density at radius 2 is 2.00 bits per heavy atom. The van der Waals surface area contributed by atoms with Gasteiger partial charge in [0.1, 0.15) is 11.6 Å².